The largest absolute Gasteiger partial charge is 0.481 e. The van der Waals surface area contributed by atoms with Gasteiger partial charge in [0.2, 0.25) is 0 Å². The normalized spacial score (nSPS) is 38.9. The Labute approximate surface area is 81.2 Å². The topological polar surface area (TPSA) is 74.6 Å². The van der Waals surface area contributed by atoms with Crippen molar-refractivity contribution >= 4 is 11.9 Å². The van der Waals surface area contributed by atoms with E-state index < -0.39 is 23.3 Å². The highest BCUT2D eigenvalue weighted by molar-refractivity contribution is 5.76. The zero-order valence-electron chi connectivity index (χ0n) is 7.64. The molecule has 0 saturated heterocycles. The molecule has 0 unspecified atom stereocenters. The molecule has 0 aromatic carbocycles. The molecule has 3 atom stereocenters. The van der Waals surface area contributed by atoms with Crippen molar-refractivity contribution in [1.82, 2.24) is 0 Å². The first-order valence-corrected chi connectivity index (χ1v) is 4.67. The first-order chi connectivity index (χ1) is 6.53. The van der Waals surface area contributed by atoms with Crippen molar-refractivity contribution in [2.75, 3.05) is 0 Å². The molecule has 0 amide bonds. The second-order valence-corrected chi connectivity index (χ2v) is 4.25. The van der Waals surface area contributed by atoms with E-state index in [1.54, 1.807) is 6.08 Å². The molecule has 4 heteroatoms. The van der Waals surface area contributed by atoms with E-state index in [4.69, 9.17) is 10.2 Å². The Hall–Kier alpha value is -1.32. The van der Waals surface area contributed by atoms with Gasteiger partial charge < -0.3 is 10.2 Å². The minimum absolute atomic E-state index is 0.0586. The molecular weight excluding hydrogens is 184 g/mol. The Balaban J connectivity index is 2.26. The molecule has 2 bridgehead atoms. The fraction of sp³-hybridized carbons (Fsp3) is 0.600. The molecule has 0 aromatic heterocycles. The van der Waals surface area contributed by atoms with E-state index in [0.717, 1.165) is 0 Å². The van der Waals surface area contributed by atoms with Gasteiger partial charge >= 0.3 is 11.9 Å². The summed E-state index contributed by atoms with van der Waals surface area (Å²) in [5.41, 5.74) is -0.609. The summed E-state index contributed by atoms with van der Waals surface area (Å²) >= 11 is 0. The smallest absolute Gasteiger partial charge is 0.307 e. The molecule has 0 radical (unpaired) electrons. The lowest BCUT2D eigenvalue weighted by Gasteiger charge is -2.27. The van der Waals surface area contributed by atoms with E-state index in [2.05, 4.69) is 0 Å². The first-order valence-electron chi connectivity index (χ1n) is 4.67. The van der Waals surface area contributed by atoms with E-state index in [-0.39, 0.29) is 12.3 Å². The third kappa shape index (κ3) is 1.22. The summed E-state index contributed by atoms with van der Waals surface area (Å²) < 4.78 is 0. The maximum Gasteiger partial charge on any atom is 0.307 e. The van der Waals surface area contributed by atoms with Crippen LogP contribution < -0.4 is 0 Å². The van der Waals surface area contributed by atoms with E-state index in [1.807, 2.05) is 6.08 Å². The predicted molar refractivity (Wildman–Crippen MR) is 47.7 cm³/mol. The van der Waals surface area contributed by atoms with Crippen molar-refractivity contribution in [3.05, 3.63) is 12.2 Å². The summed E-state index contributed by atoms with van der Waals surface area (Å²) in [5.74, 6) is -2.01. The van der Waals surface area contributed by atoms with Crippen LogP contribution in [0, 0.1) is 17.3 Å². The predicted octanol–water partition coefficient (Wildman–Crippen LogP) is 1.13. The highest BCUT2D eigenvalue weighted by Crippen LogP contribution is 2.55. The summed E-state index contributed by atoms with van der Waals surface area (Å²) in [5, 5.41) is 17.7. The molecular formula is C10H12O4. The maximum atomic E-state index is 11.0. The fourth-order valence-corrected chi connectivity index (χ4v) is 2.79. The second-order valence-electron chi connectivity index (χ2n) is 4.25. The molecule has 14 heavy (non-hydrogen) atoms. The molecule has 76 valence electrons. The van der Waals surface area contributed by atoms with E-state index in [0.29, 0.717) is 12.8 Å². The number of carboxylic acids is 2. The van der Waals surface area contributed by atoms with Gasteiger partial charge in [0.05, 0.1) is 12.3 Å². The molecule has 2 aliphatic carbocycles. The Kier molecular flexibility index (Phi) is 1.87. The zero-order chi connectivity index (χ0) is 10.3. The van der Waals surface area contributed by atoms with Crippen molar-refractivity contribution < 1.29 is 19.8 Å². The molecule has 0 heterocycles. The average Bonchev–Trinajstić information content (AvgIpc) is 2.58. The first kappa shape index (κ1) is 9.24. The lowest BCUT2D eigenvalue weighted by Crippen LogP contribution is -2.31. The fourth-order valence-electron chi connectivity index (χ4n) is 2.79. The van der Waals surface area contributed by atoms with Crippen LogP contribution in [0.4, 0.5) is 0 Å². The minimum atomic E-state index is -0.913. The van der Waals surface area contributed by atoms with Crippen LogP contribution in [-0.2, 0) is 9.59 Å². The highest BCUT2D eigenvalue weighted by Gasteiger charge is 2.52. The van der Waals surface area contributed by atoms with Gasteiger partial charge in [-0.05, 0) is 18.8 Å². The van der Waals surface area contributed by atoms with Gasteiger partial charge in [-0.1, -0.05) is 12.2 Å². The molecule has 0 aliphatic heterocycles. The quantitative estimate of drug-likeness (QED) is 0.663. The van der Waals surface area contributed by atoms with Crippen LogP contribution in [0.5, 0.6) is 0 Å². The number of allylic oxidation sites excluding steroid dienone is 2. The van der Waals surface area contributed by atoms with Crippen molar-refractivity contribution in [1.29, 1.82) is 0 Å². The third-order valence-electron chi connectivity index (χ3n) is 3.35. The van der Waals surface area contributed by atoms with Crippen LogP contribution >= 0.6 is 0 Å². The second kappa shape index (κ2) is 2.83. The summed E-state index contributed by atoms with van der Waals surface area (Å²) in [6.45, 7) is 0. The molecule has 1 saturated carbocycles. The molecule has 4 nitrogen and oxygen atoms in total. The third-order valence-corrected chi connectivity index (χ3v) is 3.35. The van der Waals surface area contributed by atoms with E-state index >= 15 is 0 Å². The zero-order valence-corrected chi connectivity index (χ0v) is 7.64. The number of carbonyl (C=O) groups is 2. The van der Waals surface area contributed by atoms with Gasteiger partial charge in [0.25, 0.3) is 0 Å². The Bertz CT molecular complexity index is 320. The number of carboxylic acid groups (broad SMARTS) is 2. The van der Waals surface area contributed by atoms with Crippen LogP contribution in [0.3, 0.4) is 0 Å². The van der Waals surface area contributed by atoms with Crippen molar-refractivity contribution in [2.45, 2.75) is 19.3 Å². The monoisotopic (exact) mass is 196 g/mol. The molecule has 1 fully saturated rings. The molecule has 2 N–H and O–H groups in total. The standard InChI is InChI=1S/C10H12O4/c11-8(12)5-10-2-1-6(4-10)3-7(10)9(13)14/h1-2,6-7H,3-5H2,(H,11,12)(H,13,14)/t6-,7-,10+/m0/s1. The van der Waals surface area contributed by atoms with Crippen LogP contribution in [0.25, 0.3) is 0 Å². The van der Waals surface area contributed by atoms with Gasteiger partial charge in [-0.25, -0.2) is 0 Å². The summed E-state index contributed by atoms with van der Waals surface area (Å²) in [6, 6.07) is 0. The number of fused-ring (bicyclic) bond motifs is 2. The van der Waals surface area contributed by atoms with E-state index in [1.165, 1.54) is 0 Å². The van der Waals surface area contributed by atoms with Gasteiger partial charge in [-0.15, -0.1) is 0 Å². The lowest BCUT2D eigenvalue weighted by atomic mass is 9.75. The molecule has 0 spiro atoms. The molecule has 0 aromatic rings. The SMILES string of the molecule is O=C(O)C[C@]12C=C[C@@H](C[C@H]1C(=O)O)C2. The summed E-state index contributed by atoms with van der Waals surface area (Å²) in [7, 11) is 0. The van der Waals surface area contributed by atoms with Gasteiger partial charge in [0, 0.05) is 5.41 Å². The summed E-state index contributed by atoms with van der Waals surface area (Å²) in [4.78, 5) is 21.6. The lowest BCUT2D eigenvalue weighted by molar-refractivity contribution is -0.146. The number of hydrogen-bond donors (Lipinski definition) is 2. The number of hydrogen-bond acceptors (Lipinski definition) is 2. The average molecular weight is 196 g/mol. The van der Waals surface area contributed by atoms with Crippen molar-refractivity contribution in [3.63, 3.8) is 0 Å². The van der Waals surface area contributed by atoms with E-state index in [9.17, 15) is 9.59 Å². The van der Waals surface area contributed by atoms with Crippen LogP contribution in [0.15, 0.2) is 12.2 Å². The van der Waals surface area contributed by atoms with Crippen LogP contribution in [0.1, 0.15) is 19.3 Å². The molecule has 2 aliphatic rings. The van der Waals surface area contributed by atoms with Gasteiger partial charge in [0.15, 0.2) is 0 Å². The maximum absolute atomic E-state index is 11.0. The Morgan fingerprint density at radius 3 is 2.64 bits per heavy atom. The van der Waals surface area contributed by atoms with Gasteiger partial charge in [0.1, 0.15) is 0 Å². The summed E-state index contributed by atoms with van der Waals surface area (Å²) in [6.07, 6.45) is 4.99. The van der Waals surface area contributed by atoms with Crippen molar-refractivity contribution in [3.8, 4) is 0 Å². The molecule has 2 rings (SSSR count). The Morgan fingerprint density at radius 2 is 2.14 bits per heavy atom. The number of aliphatic carboxylic acids is 2. The van der Waals surface area contributed by atoms with Gasteiger partial charge in [-0.2, -0.15) is 0 Å². The van der Waals surface area contributed by atoms with Gasteiger partial charge in [-0.3, -0.25) is 9.59 Å². The Morgan fingerprint density at radius 1 is 1.43 bits per heavy atom. The van der Waals surface area contributed by atoms with Crippen LogP contribution in [0.2, 0.25) is 0 Å². The number of rotatable bonds is 3. The van der Waals surface area contributed by atoms with Crippen LogP contribution in [-0.4, -0.2) is 22.2 Å². The highest BCUT2D eigenvalue weighted by atomic mass is 16.4. The minimum Gasteiger partial charge on any atom is -0.481 e. The van der Waals surface area contributed by atoms with Crippen molar-refractivity contribution in [2.24, 2.45) is 17.3 Å².